The second-order valence-electron chi connectivity index (χ2n) is 3.99. The Morgan fingerprint density at radius 3 is 2.78 bits per heavy atom. The van der Waals surface area contributed by atoms with Crippen molar-refractivity contribution in [1.82, 2.24) is 5.32 Å². The van der Waals surface area contributed by atoms with E-state index in [-0.39, 0.29) is 11.9 Å². The minimum Gasteiger partial charge on any atom is -0.497 e. The van der Waals surface area contributed by atoms with Gasteiger partial charge >= 0.3 is 0 Å². The molecule has 0 saturated heterocycles. The standard InChI is InChI=1S/C13H20N2O2S/c1-4-9(8-18-3)15-13(16)11-6-5-10(17-2)7-12(11)14/h5-7,9H,4,8,14H2,1-3H3,(H,15,16). The summed E-state index contributed by atoms with van der Waals surface area (Å²) in [5.41, 5.74) is 6.77. The predicted octanol–water partition coefficient (Wildman–Crippen LogP) is 2.15. The number of ether oxygens (including phenoxy) is 1. The summed E-state index contributed by atoms with van der Waals surface area (Å²) in [7, 11) is 1.57. The zero-order valence-electron chi connectivity index (χ0n) is 11.0. The number of carbonyl (C=O) groups is 1. The van der Waals surface area contributed by atoms with Gasteiger partial charge in [-0.05, 0) is 24.8 Å². The molecule has 0 fully saturated rings. The van der Waals surface area contributed by atoms with E-state index in [1.807, 2.05) is 6.26 Å². The quantitative estimate of drug-likeness (QED) is 0.776. The second-order valence-corrected chi connectivity index (χ2v) is 4.90. The molecule has 5 heteroatoms. The average Bonchev–Trinajstić information content (AvgIpc) is 2.37. The minimum atomic E-state index is -0.129. The Hall–Kier alpha value is -1.36. The van der Waals surface area contributed by atoms with Crippen LogP contribution in [0.15, 0.2) is 18.2 Å². The molecule has 0 bridgehead atoms. The molecule has 0 saturated carbocycles. The van der Waals surface area contributed by atoms with Crippen LogP contribution < -0.4 is 15.8 Å². The van der Waals surface area contributed by atoms with Gasteiger partial charge in [0.2, 0.25) is 0 Å². The van der Waals surface area contributed by atoms with Gasteiger partial charge in [0.15, 0.2) is 0 Å². The molecule has 4 nitrogen and oxygen atoms in total. The fraction of sp³-hybridized carbons (Fsp3) is 0.462. The van der Waals surface area contributed by atoms with Crippen LogP contribution in [0.2, 0.25) is 0 Å². The predicted molar refractivity (Wildman–Crippen MR) is 77.3 cm³/mol. The fourth-order valence-corrected chi connectivity index (χ4v) is 2.32. The van der Waals surface area contributed by atoms with Crippen molar-refractivity contribution in [2.75, 3.05) is 24.9 Å². The Morgan fingerprint density at radius 2 is 2.28 bits per heavy atom. The molecule has 1 unspecified atom stereocenters. The van der Waals surface area contributed by atoms with Crippen molar-refractivity contribution in [1.29, 1.82) is 0 Å². The maximum Gasteiger partial charge on any atom is 0.253 e. The van der Waals surface area contributed by atoms with Crippen molar-refractivity contribution in [2.45, 2.75) is 19.4 Å². The van der Waals surface area contributed by atoms with Gasteiger partial charge in [0.25, 0.3) is 5.91 Å². The number of anilines is 1. The van der Waals surface area contributed by atoms with Crippen LogP contribution in [0, 0.1) is 0 Å². The highest BCUT2D eigenvalue weighted by Crippen LogP contribution is 2.19. The summed E-state index contributed by atoms with van der Waals surface area (Å²) in [4.78, 5) is 12.1. The van der Waals surface area contributed by atoms with Crippen LogP contribution in [-0.2, 0) is 0 Å². The molecule has 1 amide bonds. The van der Waals surface area contributed by atoms with Gasteiger partial charge in [-0.25, -0.2) is 0 Å². The molecule has 1 aromatic rings. The number of nitrogens with two attached hydrogens (primary N) is 1. The number of methoxy groups -OCH3 is 1. The minimum absolute atomic E-state index is 0.129. The van der Waals surface area contributed by atoms with Crippen LogP contribution in [-0.4, -0.2) is 31.1 Å². The van der Waals surface area contributed by atoms with Gasteiger partial charge in [-0.1, -0.05) is 6.92 Å². The summed E-state index contributed by atoms with van der Waals surface area (Å²) in [5.74, 6) is 1.43. The van der Waals surface area contributed by atoms with Crippen molar-refractivity contribution < 1.29 is 9.53 Å². The molecule has 1 atom stereocenters. The molecular formula is C13H20N2O2S. The van der Waals surface area contributed by atoms with E-state index in [0.29, 0.717) is 17.0 Å². The molecule has 0 heterocycles. The lowest BCUT2D eigenvalue weighted by molar-refractivity contribution is 0.0941. The van der Waals surface area contributed by atoms with E-state index in [2.05, 4.69) is 12.2 Å². The summed E-state index contributed by atoms with van der Waals surface area (Å²) in [6.45, 7) is 2.05. The number of nitrogen functional groups attached to an aromatic ring is 1. The van der Waals surface area contributed by atoms with E-state index in [1.165, 1.54) is 0 Å². The van der Waals surface area contributed by atoms with E-state index in [0.717, 1.165) is 12.2 Å². The summed E-state index contributed by atoms with van der Waals surface area (Å²) < 4.78 is 5.06. The summed E-state index contributed by atoms with van der Waals surface area (Å²) in [6, 6.07) is 5.26. The molecule has 1 aromatic carbocycles. The number of rotatable bonds is 6. The third-order valence-electron chi connectivity index (χ3n) is 2.70. The number of amides is 1. The van der Waals surface area contributed by atoms with Crippen LogP contribution in [0.4, 0.5) is 5.69 Å². The van der Waals surface area contributed by atoms with E-state index in [1.54, 1.807) is 37.1 Å². The maximum absolute atomic E-state index is 12.1. The number of hydrogen-bond donors (Lipinski definition) is 2. The van der Waals surface area contributed by atoms with E-state index >= 15 is 0 Å². The summed E-state index contributed by atoms with van der Waals surface area (Å²) in [6.07, 6.45) is 2.93. The van der Waals surface area contributed by atoms with Crippen molar-refractivity contribution in [3.8, 4) is 5.75 Å². The number of nitrogens with one attached hydrogen (secondary N) is 1. The first kappa shape index (κ1) is 14.7. The van der Waals surface area contributed by atoms with Gasteiger partial charge in [0, 0.05) is 23.5 Å². The number of carbonyl (C=O) groups excluding carboxylic acids is 1. The number of benzene rings is 1. The van der Waals surface area contributed by atoms with Crippen molar-refractivity contribution in [2.24, 2.45) is 0 Å². The Bertz CT molecular complexity index is 410. The van der Waals surface area contributed by atoms with Gasteiger partial charge in [0.05, 0.1) is 12.7 Å². The molecule has 0 aliphatic rings. The first-order chi connectivity index (χ1) is 8.62. The lowest BCUT2D eigenvalue weighted by Gasteiger charge is -2.16. The maximum atomic E-state index is 12.1. The highest BCUT2D eigenvalue weighted by Gasteiger charge is 2.14. The number of thioether (sulfide) groups is 1. The third-order valence-corrected chi connectivity index (χ3v) is 3.43. The molecule has 0 radical (unpaired) electrons. The van der Waals surface area contributed by atoms with E-state index in [4.69, 9.17) is 10.5 Å². The van der Waals surface area contributed by atoms with Gasteiger partial charge in [0.1, 0.15) is 5.75 Å². The van der Waals surface area contributed by atoms with Crippen LogP contribution in [0.3, 0.4) is 0 Å². The summed E-state index contributed by atoms with van der Waals surface area (Å²) >= 11 is 1.72. The van der Waals surface area contributed by atoms with Crippen molar-refractivity contribution in [3.63, 3.8) is 0 Å². The van der Waals surface area contributed by atoms with Crippen LogP contribution in [0.1, 0.15) is 23.7 Å². The lowest BCUT2D eigenvalue weighted by Crippen LogP contribution is -2.36. The molecule has 0 spiro atoms. The van der Waals surface area contributed by atoms with Crippen molar-refractivity contribution in [3.05, 3.63) is 23.8 Å². The number of hydrogen-bond acceptors (Lipinski definition) is 4. The zero-order valence-corrected chi connectivity index (χ0v) is 11.8. The fourth-order valence-electron chi connectivity index (χ4n) is 1.60. The molecule has 3 N–H and O–H groups in total. The zero-order chi connectivity index (χ0) is 13.5. The van der Waals surface area contributed by atoms with Crippen LogP contribution >= 0.6 is 11.8 Å². The monoisotopic (exact) mass is 268 g/mol. The molecule has 1 rings (SSSR count). The van der Waals surface area contributed by atoms with Gasteiger partial charge in [-0.2, -0.15) is 11.8 Å². The Labute approximate surface area is 112 Å². The highest BCUT2D eigenvalue weighted by atomic mass is 32.2. The SMILES string of the molecule is CCC(CSC)NC(=O)c1ccc(OC)cc1N. The summed E-state index contributed by atoms with van der Waals surface area (Å²) in [5, 5.41) is 2.98. The van der Waals surface area contributed by atoms with Crippen molar-refractivity contribution >= 4 is 23.4 Å². The van der Waals surface area contributed by atoms with Gasteiger partial charge in [-0.3, -0.25) is 4.79 Å². The largest absolute Gasteiger partial charge is 0.497 e. The molecule has 18 heavy (non-hydrogen) atoms. The molecule has 0 aromatic heterocycles. The normalized spacial score (nSPS) is 11.9. The third kappa shape index (κ3) is 3.84. The van der Waals surface area contributed by atoms with E-state index in [9.17, 15) is 4.79 Å². The smallest absolute Gasteiger partial charge is 0.253 e. The van der Waals surface area contributed by atoms with Gasteiger partial charge in [-0.15, -0.1) is 0 Å². The van der Waals surface area contributed by atoms with E-state index < -0.39 is 0 Å². The van der Waals surface area contributed by atoms with Gasteiger partial charge < -0.3 is 15.8 Å². The first-order valence-corrected chi connectivity index (χ1v) is 7.25. The highest BCUT2D eigenvalue weighted by molar-refractivity contribution is 7.98. The Morgan fingerprint density at radius 1 is 1.56 bits per heavy atom. The van der Waals surface area contributed by atoms with Crippen LogP contribution in [0.25, 0.3) is 0 Å². The topological polar surface area (TPSA) is 64.3 Å². The molecule has 0 aliphatic heterocycles. The first-order valence-electron chi connectivity index (χ1n) is 5.85. The molecule has 100 valence electrons. The lowest BCUT2D eigenvalue weighted by atomic mass is 10.1. The second kappa shape index (κ2) is 7.16. The molecular weight excluding hydrogens is 248 g/mol. The van der Waals surface area contributed by atoms with Crippen LogP contribution in [0.5, 0.6) is 5.75 Å². The Kier molecular flexibility index (Phi) is 5.85. The molecule has 0 aliphatic carbocycles. The Balaban J connectivity index is 2.77. The average molecular weight is 268 g/mol.